The lowest BCUT2D eigenvalue weighted by atomic mass is 9.85. The first-order valence-electron chi connectivity index (χ1n) is 4.70. The van der Waals surface area contributed by atoms with Gasteiger partial charge in [0.1, 0.15) is 0 Å². The normalized spacial score (nSPS) is 48.6. The van der Waals surface area contributed by atoms with Gasteiger partial charge in [0.15, 0.2) is 0 Å². The standard InChI is InChI=1S/C8H6ClF6N/c9-4-2-1-3-5(4)16(3)6(2,7(10,11)12)8(13,14)15/h2-5H,1H2/t2-,3+,4-,5-,16?/m0/s1. The van der Waals surface area contributed by atoms with Crippen LogP contribution in [0.2, 0.25) is 0 Å². The highest BCUT2D eigenvalue weighted by molar-refractivity contribution is 6.22. The minimum Gasteiger partial charge on any atom is -0.271 e. The van der Waals surface area contributed by atoms with Crippen LogP contribution in [0.1, 0.15) is 6.42 Å². The summed E-state index contributed by atoms with van der Waals surface area (Å²) < 4.78 is 76.9. The molecule has 0 aromatic carbocycles. The SMILES string of the molecule is FC(F)(F)C1(C(F)(F)F)[C@H]2C[C@@H]3[C@@H]([C@H]2Cl)N31. The van der Waals surface area contributed by atoms with Crippen LogP contribution in [-0.2, 0) is 0 Å². The Bertz CT molecular complexity index is 335. The van der Waals surface area contributed by atoms with E-state index >= 15 is 0 Å². The van der Waals surface area contributed by atoms with Gasteiger partial charge in [-0.1, -0.05) is 0 Å². The van der Waals surface area contributed by atoms with Crippen LogP contribution in [-0.4, -0.2) is 40.3 Å². The fourth-order valence-electron chi connectivity index (χ4n) is 3.51. The minimum atomic E-state index is -5.32. The van der Waals surface area contributed by atoms with Crippen molar-refractivity contribution in [2.75, 3.05) is 0 Å². The Morgan fingerprint density at radius 3 is 1.69 bits per heavy atom. The van der Waals surface area contributed by atoms with Gasteiger partial charge in [0.05, 0.1) is 5.38 Å². The Morgan fingerprint density at radius 2 is 1.56 bits per heavy atom. The fourth-order valence-corrected chi connectivity index (χ4v) is 4.08. The third kappa shape index (κ3) is 0.847. The quantitative estimate of drug-likeness (QED) is 0.370. The summed E-state index contributed by atoms with van der Waals surface area (Å²) in [5.74, 6) is -1.55. The van der Waals surface area contributed by atoms with Crippen LogP contribution in [0.5, 0.6) is 0 Å². The molecule has 4 aliphatic rings. The summed E-state index contributed by atoms with van der Waals surface area (Å²) in [6.07, 6.45) is -10.7. The lowest BCUT2D eigenvalue weighted by Crippen LogP contribution is -2.63. The van der Waals surface area contributed by atoms with Crippen molar-refractivity contribution in [3.63, 3.8) is 0 Å². The molecule has 4 fully saturated rings. The number of hydrogen-bond acceptors (Lipinski definition) is 1. The number of rotatable bonds is 0. The van der Waals surface area contributed by atoms with Gasteiger partial charge < -0.3 is 0 Å². The van der Waals surface area contributed by atoms with Gasteiger partial charge in [-0.2, -0.15) is 26.3 Å². The van der Waals surface area contributed by atoms with Crippen molar-refractivity contribution in [1.29, 1.82) is 0 Å². The molecule has 0 radical (unpaired) electrons. The molecule has 0 aromatic rings. The van der Waals surface area contributed by atoms with E-state index < -0.39 is 41.3 Å². The molecule has 3 heterocycles. The molecule has 3 aliphatic heterocycles. The fraction of sp³-hybridized carbons (Fsp3) is 1.00. The predicted octanol–water partition coefficient (Wildman–Crippen LogP) is 2.54. The smallest absolute Gasteiger partial charge is 0.271 e. The van der Waals surface area contributed by atoms with Crippen LogP contribution in [0, 0.1) is 5.92 Å². The summed E-state index contributed by atoms with van der Waals surface area (Å²) >= 11 is 5.65. The minimum absolute atomic E-state index is 0.0994. The van der Waals surface area contributed by atoms with E-state index in [1.54, 1.807) is 0 Å². The molecular weight excluding hydrogens is 260 g/mol. The lowest BCUT2D eigenvalue weighted by molar-refractivity contribution is -0.328. The third-order valence-electron chi connectivity index (χ3n) is 4.00. The van der Waals surface area contributed by atoms with E-state index in [2.05, 4.69) is 0 Å². The first-order chi connectivity index (χ1) is 7.14. The van der Waals surface area contributed by atoms with Gasteiger partial charge in [0, 0.05) is 18.0 Å². The Hall–Kier alpha value is -0.170. The molecule has 0 aromatic heterocycles. The van der Waals surface area contributed by atoms with Crippen molar-refractivity contribution < 1.29 is 26.3 Å². The van der Waals surface area contributed by atoms with Gasteiger partial charge in [-0.05, 0) is 6.42 Å². The molecule has 1 unspecified atom stereocenters. The van der Waals surface area contributed by atoms with Gasteiger partial charge in [0.25, 0.3) is 0 Å². The van der Waals surface area contributed by atoms with Crippen molar-refractivity contribution in [2.24, 2.45) is 5.92 Å². The van der Waals surface area contributed by atoms with Crippen LogP contribution in [0.15, 0.2) is 0 Å². The van der Waals surface area contributed by atoms with Crippen molar-refractivity contribution in [2.45, 2.75) is 41.8 Å². The Morgan fingerprint density at radius 1 is 1.06 bits per heavy atom. The largest absolute Gasteiger partial charge is 0.416 e. The van der Waals surface area contributed by atoms with Gasteiger partial charge in [0.2, 0.25) is 5.54 Å². The maximum atomic E-state index is 12.8. The molecule has 3 saturated heterocycles. The van der Waals surface area contributed by atoms with Gasteiger partial charge in [-0.15, -0.1) is 11.6 Å². The molecule has 4 rings (SSSR count). The van der Waals surface area contributed by atoms with Crippen molar-refractivity contribution in [3.8, 4) is 0 Å². The van der Waals surface area contributed by atoms with Crippen LogP contribution in [0.25, 0.3) is 0 Å². The number of nitrogens with zero attached hydrogens (tertiary/aromatic N) is 1. The van der Waals surface area contributed by atoms with E-state index in [4.69, 9.17) is 11.6 Å². The summed E-state index contributed by atoms with van der Waals surface area (Å²) in [6, 6.07) is -1.37. The topological polar surface area (TPSA) is 3.01 Å². The second-order valence-corrected chi connectivity index (χ2v) is 5.02. The Kier molecular flexibility index (Phi) is 1.70. The van der Waals surface area contributed by atoms with Crippen molar-refractivity contribution in [3.05, 3.63) is 0 Å². The zero-order chi connectivity index (χ0) is 12.1. The summed E-state index contributed by atoms with van der Waals surface area (Å²) in [4.78, 5) is 0.509. The molecule has 0 amide bonds. The van der Waals surface area contributed by atoms with Gasteiger partial charge >= 0.3 is 12.4 Å². The second-order valence-electron chi connectivity index (χ2n) is 4.51. The molecule has 4 bridgehead atoms. The van der Waals surface area contributed by atoms with Crippen molar-refractivity contribution in [1.82, 2.24) is 4.90 Å². The molecular formula is C8H6ClF6N. The maximum absolute atomic E-state index is 12.8. The van der Waals surface area contributed by atoms with Crippen LogP contribution in [0.3, 0.4) is 0 Å². The van der Waals surface area contributed by atoms with E-state index in [-0.39, 0.29) is 6.42 Å². The highest BCUT2D eigenvalue weighted by Crippen LogP contribution is 2.73. The molecule has 0 N–H and O–H groups in total. The number of alkyl halides is 7. The van der Waals surface area contributed by atoms with Gasteiger partial charge in [-0.3, -0.25) is 4.90 Å². The lowest BCUT2D eigenvalue weighted by Gasteiger charge is -2.37. The molecule has 92 valence electrons. The zero-order valence-electron chi connectivity index (χ0n) is 7.61. The summed E-state index contributed by atoms with van der Waals surface area (Å²) in [6.45, 7) is 0. The average molecular weight is 266 g/mol. The average Bonchev–Trinajstić information content (AvgIpc) is 2.43. The Balaban J connectivity index is 2.14. The summed E-state index contributed by atoms with van der Waals surface area (Å²) in [5.41, 5.74) is -3.69. The third-order valence-corrected chi connectivity index (χ3v) is 4.56. The molecule has 16 heavy (non-hydrogen) atoms. The van der Waals surface area contributed by atoms with Gasteiger partial charge in [-0.25, -0.2) is 0 Å². The highest BCUT2D eigenvalue weighted by atomic mass is 35.5. The summed E-state index contributed by atoms with van der Waals surface area (Å²) in [5, 5.41) is -1.03. The Labute approximate surface area is 91.3 Å². The van der Waals surface area contributed by atoms with E-state index in [1.165, 1.54) is 0 Å². The van der Waals surface area contributed by atoms with E-state index in [1.807, 2.05) is 0 Å². The maximum Gasteiger partial charge on any atom is 0.416 e. The van der Waals surface area contributed by atoms with Crippen LogP contribution < -0.4 is 0 Å². The summed E-state index contributed by atoms with van der Waals surface area (Å²) in [7, 11) is 0. The van der Waals surface area contributed by atoms with Crippen molar-refractivity contribution >= 4 is 11.6 Å². The first kappa shape index (κ1) is 11.0. The monoisotopic (exact) mass is 265 g/mol. The molecule has 1 nitrogen and oxygen atoms in total. The number of piperidine rings is 3. The molecule has 1 saturated carbocycles. The second kappa shape index (κ2) is 2.48. The van der Waals surface area contributed by atoms with Crippen LogP contribution >= 0.6 is 11.6 Å². The molecule has 0 spiro atoms. The van der Waals surface area contributed by atoms with E-state index in [0.29, 0.717) is 4.90 Å². The van der Waals surface area contributed by atoms with E-state index in [0.717, 1.165) is 0 Å². The van der Waals surface area contributed by atoms with Crippen LogP contribution in [0.4, 0.5) is 26.3 Å². The van der Waals surface area contributed by atoms with E-state index in [9.17, 15) is 26.3 Å². The predicted molar refractivity (Wildman–Crippen MR) is 42.0 cm³/mol. The molecule has 1 aliphatic carbocycles. The zero-order valence-corrected chi connectivity index (χ0v) is 8.37. The number of halogens is 7. The first-order valence-corrected chi connectivity index (χ1v) is 5.13. The molecule has 5 atom stereocenters. The number of hydrogen-bond donors (Lipinski definition) is 0. The highest BCUT2D eigenvalue weighted by Gasteiger charge is 2.93. The molecule has 8 heteroatoms.